The van der Waals surface area contributed by atoms with Crippen LogP contribution >= 0.6 is 15.9 Å². The minimum Gasteiger partial charge on any atom is -0.491 e. The van der Waals surface area contributed by atoms with Crippen molar-refractivity contribution in [3.63, 3.8) is 0 Å². The molecular formula is C15H22BrNO3. The van der Waals surface area contributed by atoms with Gasteiger partial charge in [-0.3, -0.25) is 4.90 Å². The molecule has 0 aromatic heterocycles. The fourth-order valence-corrected chi connectivity index (χ4v) is 2.51. The van der Waals surface area contributed by atoms with Gasteiger partial charge in [-0.25, -0.2) is 4.79 Å². The van der Waals surface area contributed by atoms with Gasteiger partial charge in [0.15, 0.2) is 0 Å². The number of rotatable bonds is 7. The number of carboxylic acids is 1. The first-order valence-electron chi connectivity index (χ1n) is 6.74. The van der Waals surface area contributed by atoms with Gasteiger partial charge in [-0.05, 0) is 45.9 Å². The van der Waals surface area contributed by atoms with Gasteiger partial charge >= 0.3 is 5.97 Å². The summed E-state index contributed by atoms with van der Waals surface area (Å²) in [7, 11) is 0. The molecule has 1 aromatic rings. The Balaban J connectivity index is 2.70. The molecule has 112 valence electrons. The Kier molecular flexibility index (Phi) is 6.49. The Hall–Kier alpha value is -1.07. The molecule has 0 fully saturated rings. The highest BCUT2D eigenvalue weighted by molar-refractivity contribution is 9.10. The van der Waals surface area contributed by atoms with Gasteiger partial charge in [0.25, 0.3) is 0 Å². The lowest BCUT2D eigenvalue weighted by Gasteiger charge is -2.30. The van der Waals surface area contributed by atoms with Crippen LogP contribution in [0.15, 0.2) is 22.7 Å². The first-order chi connectivity index (χ1) is 9.32. The molecule has 0 unspecified atom stereocenters. The molecule has 1 rings (SSSR count). The van der Waals surface area contributed by atoms with Crippen LogP contribution in [0.5, 0.6) is 5.75 Å². The van der Waals surface area contributed by atoms with Crippen molar-refractivity contribution in [3.05, 3.63) is 28.2 Å². The Morgan fingerprint density at radius 2 is 1.90 bits per heavy atom. The maximum atomic E-state index is 11.1. The van der Waals surface area contributed by atoms with E-state index in [0.29, 0.717) is 24.4 Å². The number of hydrogen-bond donors (Lipinski definition) is 1. The zero-order chi connectivity index (χ0) is 15.3. The molecule has 0 saturated carbocycles. The third kappa shape index (κ3) is 4.80. The number of ether oxygens (including phenoxy) is 1. The Morgan fingerprint density at radius 1 is 1.30 bits per heavy atom. The number of benzene rings is 1. The number of nitrogens with zero attached hydrogens (tertiary/aromatic N) is 1. The first kappa shape index (κ1) is 17.0. The third-order valence-electron chi connectivity index (χ3n) is 3.11. The van der Waals surface area contributed by atoms with Gasteiger partial charge in [-0.15, -0.1) is 0 Å². The second-order valence-corrected chi connectivity index (χ2v) is 6.14. The van der Waals surface area contributed by atoms with Crippen LogP contribution in [0, 0.1) is 0 Å². The van der Waals surface area contributed by atoms with Crippen molar-refractivity contribution in [1.29, 1.82) is 0 Å². The third-order valence-corrected chi connectivity index (χ3v) is 3.60. The fourth-order valence-electron chi connectivity index (χ4n) is 2.17. The van der Waals surface area contributed by atoms with Gasteiger partial charge in [0.1, 0.15) is 17.9 Å². The van der Waals surface area contributed by atoms with E-state index >= 15 is 0 Å². The van der Waals surface area contributed by atoms with E-state index in [1.54, 1.807) is 18.2 Å². The average molecular weight is 344 g/mol. The molecule has 0 amide bonds. The molecule has 0 heterocycles. The van der Waals surface area contributed by atoms with Crippen LogP contribution < -0.4 is 4.74 Å². The predicted molar refractivity (Wildman–Crippen MR) is 83.6 cm³/mol. The molecule has 0 aliphatic carbocycles. The summed E-state index contributed by atoms with van der Waals surface area (Å²) < 4.78 is 6.47. The largest absolute Gasteiger partial charge is 0.491 e. The quantitative estimate of drug-likeness (QED) is 0.820. The summed E-state index contributed by atoms with van der Waals surface area (Å²) in [5.41, 5.74) is 0.189. The first-order valence-corrected chi connectivity index (χ1v) is 7.53. The SMILES string of the molecule is CC(C)N(CCOc1cc(Br)ccc1C(=O)O)C(C)C. The summed E-state index contributed by atoms with van der Waals surface area (Å²) in [6.07, 6.45) is 0. The maximum absolute atomic E-state index is 11.1. The number of carbonyl (C=O) groups is 1. The summed E-state index contributed by atoms with van der Waals surface area (Å²) >= 11 is 3.33. The molecule has 4 nitrogen and oxygen atoms in total. The molecule has 0 radical (unpaired) electrons. The van der Waals surface area contributed by atoms with Crippen LogP contribution in [0.25, 0.3) is 0 Å². The number of carboxylic acid groups (broad SMARTS) is 1. The van der Waals surface area contributed by atoms with Crippen LogP contribution in [-0.4, -0.2) is 41.2 Å². The average Bonchev–Trinajstić information content (AvgIpc) is 2.33. The summed E-state index contributed by atoms with van der Waals surface area (Å²) in [6, 6.07) is 5.80. The number of hydrogen-bond acceptors (Lipinski definition) is 3. The predicted octanol–water partition coefficient (Wildman–Crippen LogP) is 3.64. The van der Waals surface area contributed by atoms with Gasteiger partial charge in [-0.1, -0.05) is 15.9 Å². The van der Waals surface area contributed by atoms with Gasteiger partial charge < -0.3 is 9.84 Å². The van der Waals surface area contributed by atoms with Crippen molar-refractivity contribution in [2.75, 3.05) is 13.2 Å². The standard InChI is InChI=1S/C15H22BrNO3/c1-10(2)17(11(3)4)7-8-20-14-9-12(16)5-6-13(14)15(18)19/h5-6,9-11H,7-8H2,1-4H3,(H,18,19). The molecule has 0 aliphatic rings. The second kappa shape index (κ2) is 7.64. The van der Waals surface area contributed by atoms with E-state index in [9.17, 15) is 4.79 Å². The van der Waals surface area contributed by atoms with Crippen LogP contribution in [0.1, 0.15) is 38.1 Å². The fraction of sp³-hybridized carbons (Fsp3) is 0.533. The van der Waals surface area contributed by atoms with Crippen LogP contribution in [0.4, 0.5) is 0 Å². The number of aromatic carboxylic acids is 1. The zero-order valence-electron chi connectivity index (χ0n) is 12.4. The van der Waals surface area contributed by atoms with E-state index in [1.807, 2.05) is 0 Å². The molecule has 0 spiro atoms. The van der Waals surface area contributed by atoms with E-state index in [2.05, 4.69) is 48.5 Å². The van der Waals surface area contributed by atoms with Crippen LogP contribution in [-0.2, 0) is 0 Å². The summed E-state index contributed by atoms with van der Waals surface area (Å²) in [4.78, 5) is 13.4. The molecule has 1 N–H and O–H groups in total. The van der Waals surface area contributed by atoms with Crippen molar-refractivity contribution in [1.82, 2.24) is 4.90 Å². The lowest BCUT2D eigenvalue weighted by molar-refractivity contribution is 0.0690. The lowest BCUT2D eigenvalue weighted by Crippen LogP contribution is -2.39. The van der Waals surface area contributed by atoms with Crippen molar-refractivity contribution in [2.45, 2.75) is 39.8 Å². The van der Waals surface area contributed by atoms with Crippen molar-refractivity contribution in [2.24, 2.45) is 0 Å². The molecule has 0 atom stereocenters. The summed E-state index contributed by atoms with van der Waals surface area (Å²) in [6.45, 7) is 9.79. The van der Waals surface area contributed by atoms with E-state index < -0.39 is 5.97 Å². The smallest absolute Gasteiger partial charge is 0.339 e. The van der Waals surface area contributed by atoms with Crippen LogP contribution in [0.2, 0.25) is 0 Å². The van der Waals surface area contributed by atoms with Crippen molar-refractivity contribution >= 4 is 21.9 Å². The second-order valence-electron chi connectivity index (χ2n) is 5.22. The van der Waals surface area contributed by atoms with Gasteiger partial charge in [0.05, 0.1) is 0 Å². The molecule has 0 saturated heterocycles. The van der Waals surface area contributed by atoms with Crippen LogP contribution in [0.3, 0.4) is 0 Å². The van der Waals surface area contributed by atoms with Crippen molar-refractivity contribution in [3.8, 4) is 5.75 Å². The summed E-state index contributed by atoms with van der Waals surface area (Å²) in [5.74, 6) is -0.573. The topological polar surface area (TPSA) is 49.8 Å². The van der Waals surface area contributed by atoms with Gasteiger partial charge in [-0.2, -0.15) is 0 Å². The lowest BCUT2D eigenvalue weighted by atomic mass is 10.2. The minimum absolute atomic E-state index is 0.189. The van der Waals surface area contributed by atoms with Crippen molar-refractivity contribution < 1.29 is 14.6 Å². The Bertz CT molecular complexity index is 452. The van der Waals surface area contributed by atoms with E-state index in [0.717, 1.165) is 11.0 Å². The van der Waals surface area contributed by atoms with E-state index in [1.165, 1.54) is 0 Å². The zero-order valence-corrected chi connectivity index (χ0v) is 14.0. The number of halogens is 1. The normalized spacial score (nSPS) is 11.4. The molecule has 1 aromatic carbocycles. The molecule has 5 heteroatoms. The monoisotopic (exact) mass is 343 g/mol. The summed E-state index contributed by atoms with van der Waals surface area (Å²) in [5, 5.41) is 9.14. The highest BCUT2D eigenvalue weighted by Crippen LogP contribution is 2.24. The highest BCUT2D eigenvalue weighted by atomic mass is 79.9. The molecule has 0 bridgehead atoms. The van der Waals surface area contributed by atoms with Gasteiger partial charge in [0.2, 0.25) is 0 Å². The Morgan fingerprint density at radius 3 is 2.40 bits per heavy atom. The Labute approximate surface area is 128 Å². The molecular weight excluding hydrogens is 322 g/mol. The highest BCUT2D eigenvalue weighted by Gasteiger charge is 2.15. The van der Waals surface area contributed by atoms with E-state index in [4.69, 9.17) is 9.84 Å². The molecule has 20 heavy (non-hydrogen) atoms. The van der Waals surface area contributed by atoms with E-state index in [-0.39, 0.29) is 5.56 Å². The molecule has 0 aliphatic heterocycles. The van der Waals surface area contributed by atoms with Gasteiger partial charge in [0, 0.05) is 23.1 Å². The maximum Gasteiger partial charge on any atom is 0.339 e. The minimum atomic E-state index is -0.975.